The summed E-state index contributed by atoms with van der Waals surface area (Å²) in [5, 5.41) is 3.42. The van der Waals surface area contributed by atoms with Crippen LogP contribution in [-0.2, 0) is 16.1 Å². The second kappa shape index (κ2) is 10.8. The lowest BCUT2D eigenvalue weighted by molar-refractivity contribution is -0.142. The molecule has 2 aromatic rings. The summed E-state index contributed by atoms with van der Waals surface area (Å²) < 4.78 is 19.1. The van der Waals surface area contributed by atoms with Crippen LogP contribution in [0.2, 0.25) is 5.02 Å². The van der Waals surface area contributed by atoms with Gasteiger partial charge in [-0.15, -0.1) is 0 Å². The number of carbonyl (C=O) groups excluding carboxylic acids is 2. The van der Waals surface area contributed by atoms with Crippen molar-refractivity contribution in [3.63, 3.8) is 0 Å². The van der Waals surface area contributed by atoms with Gasteiger partial charge in [-0.3, -0.25) is 9.59 Å². The lowest BCUT2D eigenvalue weighted by Crippen LogP contribution is -2.49. The Balaban J connectivity index is 2.13. The number of halogens is 2. The van der Waals surface area contributed by atoms with E-state index in [4.69, 9.17) is 16.3 Å². The smallest absolute Gasteiger partial charge is 0.261 e. The normalized spacial score (nSPS) is 11.8. The zero-order chi connectivity index (χ0) is 21.4. The van der Waals surface area contributed by atoms with Crippen molar-refractivity contribution in [1.82, 2.24) is 10.2 Å². The minimum Gasteiger partial charge on any atom is -0.481 e. The largest absolute Gasteiger partial charge is 0.481 e. The van der Waals surface area contributed by atoms with E-state index in [2.05, 4.69) is 5.32 Å². The van der Waals surface area contributed by atoms with Crippen molar-refractivity contribution in [2.45, 2.75) is 33.4 Å². The predicted octanol–water partition coefficient (Wildman–Crippen LogP) is 4.05. The maximum absolute atomic E-state index is 13.8. The summed E-state index contributed by atoms with van der Waals surface area (Å²) in [6, 6.07) is 12.2. The number of nitrogens with zero attached hydrogens (tertiary/aromatic N) is 1. The summed E-state index contributed by atoms with van der Waals surface area (Å²) in [7, 11) is 0. The van der Waals surface area contributed by atoms with Gasteiger partial charge in [0.15, 0.2) is 18.2 Å². The Bertz CT molecular complexity index is 827. The Labute approximate surface area is 175 Å². The van der Waals surface area contributed by atoms with E-state index in [0.29, 0.717) is 11.6 Å². The van der Waals surface area contributed by atoms with Gasteiger partial charge in [-0.2, -0.15) is 0 Å². The topological polar surface area (TPSA) is 58.6 Å². The van der Waals surface area contributed by atoms with Gasteiger partial charge in [0.2, 0.25) is 5.91 Å². The molecule has 0 radical (unpaired) electrons. The molecule has 0 aliphatic heterocycles. The van der Waals surface area contributed by atoms with Crippen molar-refractivity contribution in [2.24, 2.45) is 5.92 Å². The van der Waals surface area contributed by atoms with Gasteiger partial charge >= 0.3 is 0 Å². The molecule has 2 aromatic carbocycles. The SMILES string of the molecule is CC(C)CNC(=O)[C@H](C)N(Cc1ccc(Cl)cc1)C(=O)COc1ccccc1F. The third-order valence-corrected chi connectivity index (χ3v) is 4.56. The number of para-hydroxylation sites is 1. The molecule has 2 rings (SSSR count). The molecule has 0 bridgehead atoms. The van der Waals surface area contributed by atoms with Crippen LogP contribution in [0, 0.1) is 11.7 Å². The molecule has 0 spiro atoms. The predicted molar refractivity (Wildman–Crippen MR) is 111 cm³/mol. The number of ether oxygens (including phenoxy) is 1. The van der Waals surface area contributed by atoms with Gasteiger partial charge in [0.05, 0.1) is 0 Å². The summed E-state index contributed by atoms with van der Waals surface area (Å²) in [6.45, 7) is 5.97. The molecule has 2 amide bonds. The van der Waals surface area contributed by atoms with Crippen molar-refractivity contribution < 1.29 is 18.7 Å². The average Bonchev–Trinajstić information content (AvgIpc) is 2.70. The minimum atomic E-state index is -0.721. The van der Waals surface area contributed by atoms with Gasteiger partial charge in [-0.25, -0.2) is 4.39 Å². The molecule has 7 heteroatoms. The molecule has 0 saturated heterocycles. The van der Waals surface area contributed by atoms with E-state index in [-0.39, 0.29) is 30.7 Å². The average molecular weight is 421 g/mol. The molecule has 0 aliphatic rings. The second-order valence-corrected chi connectivity index (χ2v) is 7.62. The Hall–Kier alpha value is -2.60. The zero-order valence-electron chi connectivity index (χ0n) is 16.8. The van der Waals surface area contributed by atoms with Crippen molar-refractivity contribution in [3.05, 3.63) is 64.9 Å². The van der Waals surface area contributed by atoms with E-state index in [1.165, 1.54) is 23.1 Å². The fourth-order valence-electron chi connectivity index (χ4n) is 2.61. The molecular formula is C22H26ClFN2O3. The monoisotopic (exact) mass is 420 g/mol. The van der Waals surface area contributed by atoms with Crippen molar-refractivity contribution in [1.29, 1.82) is 0 Å². The van der Waals surface area contributed by atoms with E-state index in [0.717, 1.165) is 5.56 Å². The number of hydrogen-bond donors (Lipinski definition) is 1. The molecule has 29 heavy (non-hydrogen) atoms. The van der Waals surface area contributed by atoms with Crippen LogP contribution >= 0.6 is 11.6 Å². The first-order valence-electron chi connectivity index (χ1n) is 9.47. The first-order chi connectivity index (χ1) is 13.8. The molecule has 0 unspecified atom stereocenters. The number of rotatable bonds is 9. The second-order valence-electron chi connectivity index (χ2n) is 7.18. The summed E-state index contributed by atoms with van der Waals surface area (Å²) in [5.41, 5.74) is 0.817. The lowest BCUT2D eigenvalue weighted by Gasteiger charge is -2.29. The molecule has 0 heterocycles. The van der Waals surface area contributed by atoms with E-state index in [1.807, 2.05) is 13.8 Å². The summed E-state index contributed by atoms with van der Waals surface area (Å²) in [4.78, 5) is 26.8. The zero-order valence-corrected chi connectivity index (χ0v) is 17.6. The number of carbonyl (C=O) groups is 2. The maximum Gasteiger partial charge on any atom is 0.261 e. The van der Waals surface area contributed by atoms with Gasteiger partial charge < -0.3 is 15.0 Å². The number of amides is 2. The number of hydrogen-bond acceptors (Lipinski definition) is 3. The van der Waals surface area contributed by atoms with E-state index < -0.39 is 17.8 Å². The van der Waals surface area contributed by atoms with Crippen LogP contribution in [0.4, 0.5) is 4.39 Å². The molecule has 5 nitrogen and oxygen atoms in total. The third-order valence-electron chi connectivity index (χ3n) is 4.31. The van der Waals surface area contributed by atoms with E-state index >= 15 is 0 Å². The third kappa shape index (κ3) is 7.06. The Morgan fingerprint density at radius 3 is 2.38 bits per heavy atom. The fraction of sp³-hybridized carbons (Fsp3) is 0.364. The van der Waals surface area contributed by atoms with Gasteiger partial charge in [0.25, 0.3) is 5.91 Å². The first-order valence-corrected chi connectivity index (χ1v) is 9.84. The molecule has 1 N–H and O–H groups in total. The maximum atomic E-state index is 13.8. The molecule has 0 aromatic heterocycles. The first kappa shape index (κ1) is 22.7. The molecule has 0 aliphatic carbocycles. The number of benzene rings is 2. The Morgan fingerprint density at radius 1 is 1.10 bits per heavy atom. The molecule has 1 atom stereocenters. The Morgan fingerprint density at radius 2 is 1.76 bits per heavy atom. The Kier molecular flexibility index (Phi) is 8.46. The summed E-state index contributed by atoms with van der Waals surface area (Å²) >= 11 is 5.93. The lowest BCUT2D eigenvalue weighted by atomic mass is 10.1. The van der Waals surface area contributed by atoms with Gasteiger partial charge in [-0.1, -0.05) is 49.7 Å². The summed E-state index contributed by atoms with van der Waals surface area (Å²) in [6.07, 6.45) is 0. The van der Waals surface area contributed by atoms with Crippen LogP contribution in [0.15, 0.2) is 48.5 Å². The quantitative estimate of drug-likeness (QED) is 0.665. The van der Waals surface area contributed by atoms with Gasteiger partial charge in [-0.05, 0) is 42.7 Å². The highest BCUT2D eigenvalue weighted by Crippen LogP contribution is 2.17. The standard InChI is InChI=1S/C22H26ClFN2O3/c1-15(2)12-25-22(28)16(3)26(13-17-8-10-18(23)11-9-17)21(27)14-29-20-7-5-4-6-19(20)24/h4-11,15-16H,12-14H2,1-3H3,(H,25,28)/t16-/m0/s1. The molecular weight excluding hydrogens is 395 g/mol. The van der Waals surface area contributed by atoms with E-state index in [9.17, 15) is 14.0 Å². The summed E-state index contributed by atoms with van der Waals surface area (Å²) in [5.74, 6) is -0.949. The van der Waals surface area contributed by atoms with Crippen LogP contribution in [0.5, 0.6) is 5.75 Å². The molecule has 0 saturated carbocycles. The highest BCUT2D eigenvalue weighted by Gasteiger charge is 2.26. The van der Waals surface area contributed by atoms with Crippen LogP contribution < -0.4 is 10.1 Å². The molecule has 156 valence electrons. The highest BCUT2D eigenvalue weighted by atomic mass is 35.5. The van der Waals surface area contributed by atoms with E-state index in [1.54, 1.807) is 37.3 Å². The van der Waals surface area contributed by atoms with Crippen molar-refractivity contribution >= 4 is 23.4 Å². The fourth-order valence-corrected chi connectivity index (χ4v) is 2.73. The minimum absolute atomic E-state index is 0.01000. The van der Waals surface area contributed by atoms with Crippen molar-refractivity contribution in [2.75, 3.05) is 13.2 Å². The number of nitrogens with one attached hydrogen (secondary N) is 1. The van der Waals surface area contributed by atoms with Gasteiger partial charge in [0, 0.05) is 18.1 Å². The van der Waals surface area contributed by atoms with Crippen LogP contribution in [0.25, 0.3) is 0 Å². The molecule has 0 fully saturated rings. The van der Waals surface area contributed by atoms with Crippen LogP contribution in [0.1, 0.15) is 26.3 Å². The van der Waals surface area contributed by atoms with Crippen molar-refractivity contribution in [3.8, 4) is 5.75 Å². The highest BCUT2D eigenvalue weighted by molar-refractivity contribution is 6.30. The van der Waals surface area contributed by atoms with Crippen LogP contribution in [0.3, 0.4) is 0 Å². The van der Waals surface area contributed by atoms with Gasteiger partial charge in [0.1, 0.15) is 6.04 Å². The van der Waals surface area contributed by atoms with Crippen LogP contribution in [-0.4, -0.2) is 35.9 Å².